The van der Waals surface area contributed by atoms with Crippen LogP contribution in [-0.4, -0.2) is 4.98 Å². The number of nitrogens with zero attached hydrogens (tertiary/aromatic N) is 1. The monoisotopic (exact) mass is 317 g/mol. The molecule has 0 aliphatic rings. The molecule has 0 N–H and O–H groups in total. The maximum absolute atomic E-state index is 6.28. The standard InChI is InChI=1S/C21H16ClN/c22-19-11-5-1-7-15(19)13-14-21-18-9-3-2-8-16(18)17-10-4-6-12-20(17)23-21/h1-12H,13-14H2. The van der Waals surface area contributed by atoms with Crippen LogP contribution in [0, 0.1) is 0 Å². The molecule has 0 amide bonds. The Morgan fingerprint density at radius 2 is 1.30 bits per heavy atom. The zero-order chi connectivity index (χ0) is 15.6. The SMILES string of the molecule is Clc1ccccc1CCc1nc2ccccc2c2ccccc12. The number of fused-ring (bicyclic) bond motifs is 3. The summed E-state index contributed by atoms with van der Waals surface area (Å²) in [7, 11) is 0. The molecule has 0 unspecified atom stereocenters. The topological polar surface area (TPSA) is 12.9 Å². The minimum Gasteiger partial charge on any atom is -0.252 e. The van der Waals surface area contributed by atoms with Gasteiger partial charge in [0, 0.05) is 21.5 Å². The Kier molecular flexibility index (Phi) is 3.72. The Morgan fingerprint density at radius 1 is 0.652 bits per heavy atom. The first-order chi connectivity index (χ1) is 11.3. The van der Waals surface area contributed by atoms with Crippen LogP contribution in [0.5, 0.6) is 0 Å². The summed E-state index contributed by atoms with van der Waals surface area (Å²) in [6.45, 7) is 0. The summed E-state index contributed by atoms with van der Waals surface area (Å²) in [5.41, 5.74) is 3.37. The van der Waals surface area contributed by atoms with E-state index in [-0.39, 0.29) is 0 Å². The number of para-hydroxylation sites is 1. The van der Waals surface area contributed by atoms with Crippen LogP contribution in [0.1, 0.15) is 11.3 Å². The number of rotatable bonds is 3. The molecule has 4 aromatic rings. The third-order valence-electron chi connectivity index (χ3n) is 4.28. The van der Waals surface area contributed by atoms with Crippen molar-refractivity contribution in [2.45, 2.75) is 12.8 Å². The first kappa shape index (κ1) is 14.2. The number of pyridine rings is 1. The van der Waals surface area contributed by atoms with E-state index in [1.54, 1.807) is 0 Å². The fourth-order valence-corrected chi connectivity index (χ4v) is 3.35. The molecule has 0 spiro atoms. The van der Waals surface area contributed by atoms with E-state index in [0.29, 0.717) is 0 Å². The highest BCUT2D eigenvalue weighted by atomic mass is 35.5. The van der Waals surface area contributed by atoms with Crippen molar-refractivity contribution < 1.29 is 0 Å². The van der Waals surface area contributed by atoms with Crippen molar-refractivity contribution >= 4 is 33.3 Å². The van der Waals surface area contributed by atoms with E-state index < -0.39 is 0 Å². The third kappa shape index (κ3) is 2.69. The Hall–Kier alpha value is -2.38. The number of hydrogen-bond acceptors (Lipinski definition) is 1. The van der Waals surface area contributed by atoms with Crippen LogP contribution in [0.4, 0.5) is 0 Å². The highest BCUT2D eigenvalue weighted by Crippen LogP contribution is 2.27. The van der Waals surface area contributed by atoms with E-state index in [4.69, 9.17) is 16.6 Å². The molecule has 0 saturated heterocycles. The quantitative estimate of drug-likeness (QED) is 0.433. The van der Waals surface area contributed by atoms with Crippen molar-refractivity contribution in [2.75, 3.05) is 0 Å². The number of aromatic nitrogens is 1. The molecule has 3 aromatic carbocycles. The van der Waals surface area contributed by atoms with E-state index in [1.807, 2.05) is 24.3 Å². The zero-order valence-corrected chi connectivity index (χ0v) is 13.4. The fraction of sp³-hybridized carbons (Fsp3) is 0.0952. The van der Waals surface area contributed by atoms with Crippen molar-refractivity contribution in [2.24, 2.45) is 0 Å². The molecule has 0 radical (unpaired) electrons. The van der Waals surface area contributed by atoms with Gasteiger partial charge >= 0.3 is 0 Å². The van der Waals surface area contributed by atoms with E-state index in [9.17, 15) is 0 Å². The Bertz CT molecular complexity index is 991. The molecule has 0 aliphatic heterocycles. The van der Waals surface area contributed by atoms with E-state index in [0.717, 1.165) is 29.1 Å². The van der Waals surface area contributed by atoms with Crippen LogP contribution in [0.25, 0.3) is 21.7 Å². The van der Waals surface area contributed by atoms with Gasteiger partial charge in [-0.2, -0.15) is 0 Å². The Morgan fingerprint density at radius 3 is 2.13 bits per heavy atom. The van der Waals surface area contributed by atoms with Gasteiger partial charge in [-0.1, -0.05) is 72.3 Å². The molecule has 2 heteroatoms. The summed E-state index contributed by atoms with van der Waals surface area (Å²) in [4.78, 5) is 4.91. The smallest absolute Gasteiger partial charge is 0.0711 e. The highest BCUT2D eigenvalue weighted by Gasteiger charge is 2.08. The Balaban J connectivity index is 1.81. The van der Waals surface area contributed by atoms with Gasteiger partial charge in [-0.05, 0) is 35.9 Å². The van der Waals surface area contributed by atoms with Gasteiger partial charge in [0.2, 0.25) is 0 Å². The van der Waals surface area contributed by atoms with Gasteiger partial charge in [0.15, 0.2) is 0 Å². The fourth-order valence-electron chi connectivity index (χ4n) is 3.12. The van der Waals surface area contributed by atoms with Crippen LogP contribution in [0.3, 0.4) is 0 Å². The minimum absolute atomic E-state index is 0.831. The van der Waals surface area contributed by atoms with Crippen molar-refractivity contribution in [1.29, 1.82) is 0 Å². The second-order valence-electron chi connectivity index (χ2n) is 5.71. The predicted octanol–water partition coefficient (Wildman–Crippen LogP) is 5.83. The average molecular weight is 318 g/mol. The number of aryl methyl sites for hydroxylation is 2. The average Bonchev–Trinajstić information content (AvgIpc) is 2.61. The highest BCUT2D eigenvalue weighted by molar-refractivity contribution is 6.31. The minimum atomic E-state index is 0.831. The number of hydrogen-bond donors (Lipinski definition) is 0. The zero-order valence-electron chi connectivity index (χ0n) is 12.7. The number of benzene rings is 3. The van der Waals surface area contributed by atoms with E-state index in [1.165, 1.54) is 21.7 Å². The molecule has 0 fully saturated rings. The largest absolute Gasteiger partial charge is 0.252 e. The lowest BCUT2D eigenvalue weighted by atomic mass is 10.00. The first-order valence-electron chi connectivity index (χ1n) is 7.83. The molecular formula is C21H16ClN. The summed E-state index contributed by atoms with van der Waals surface area (Å²) in [6, 6.07) is 24.9. The van der Waals surface area contributed by atoms with Crippen molar-refractivity contribution in [3.05, 3.63) is 89.1 Å². The van der Waals surface area contributed by atoms with Gasteiger partial charge in [-0.15, -0.1) is 0 Å². The molecule has 1 heterocycles. The van der Waals surface area contributed by atoms with Crippen molar-refractivity contribution in [1.82, 2.24) is 4.98 Å². The normalized spacial score (nSPS) is 11.2. The summed E-state index contributed by atoms with van der Waals surface area (Å²) in [5.74, 6) is 0. The second kappa shape index (κ2) is 6.02. The van der Waals surface area contributed by atoms with Crippen LogP contribution >= 0.6 is 11.6 Å². The molecule has 112 valence electrons. The molecule has 1 nitrogen and oxygen atoms in total. The van der Waals surface area contributed by atoms with Gasteiger partial charge in [0.25, 0.3) is 0 Å². The van der Waals surface area contributed by atoms with Crippen molar-refractivity contribution in [3.63, 3.8) is 0 Å². The summed E-state index contributed by atoms with van der Waals surface area (Å²) < 4.78 is 0. The van der Waals surface area contributed by atoms with Crippen molar-refractivity contribution in [3.8, 4) is 0 Å². The van der Waals surface area contributed by atoms with Gasteiger partial charge in [-0.25, -0.2) is 0 Å². The van der Waals surface area contributed by atoms with Crippen LogP contribution in [0.15, 0.2) is 72.8 Å². The summed E-state index contributed by atoms with van der Waals surface area (Å²) in [5, 5.41) is 4.55. The van der Waals surface area contributed by atoms with E-state index in [2.05, 4.69) is 48.5 Å². The first-order valence-corrected chi connectivity index (χ1v) is 8.20. The van der Waals surface area contributed by atoms with Gasteiger partial charge in [0.05, 0.1) is 5.52 Å². The lowest BCUT2D eigenvalue weighted by Gasteiger charge is -2.10. The molecular weight excluding hydrogens is 302 g/mol. The van der Waals surface area contributed by atoms with Gasteiger partial charge in [0.1, 0.15) is 0 Å². The van der Waals surface area contributed by atoms with E-state index >= 15 is 0 Å². The Labute approximate surface area is 140 Å². The van der Waals surface area contributed by atoms with Crippen LogP contribution in [-0.2, 0) is 12.8 Å². The summed E-state index contributed by atoms with van der Waals surface area (Å²) >= 11 is 6.28. The second-order valence-corrected chi connectivity index (χ2v) is 6.12. The predicted molar refractivity (Wildman–Crippen MR) is 98.1 cm³/mol. The lowest BCUT2D eigenvalue weighted by molar-refractivity contribution is 0.934. The molecule has 23 heavy (non-hydrogen) atoms. The van der Waals surface area contributed by atoms with Crippen LogP contribution in [0.2, 0.25) is 5.02 Å². The molecule has 1 aromatic heterocycles. The van der Waals surface area contributed by atoms with Crippen LogP contribution < -0.4 is 0 Å². The van der Waals surface area contributed by atoms with Gasteiger partial charge in [-0.3, -0.25) is 4.98 Å². The maximum Gasteiger partial charge on any atom is 0.0711 e. The molecule has 0 aliphatic carbocycles. The molecule has 0 saturated carbocycles. The van der Waals surface area contributed by atoms with Gasteiger partial charge < -0.3 is 0 Å². The maximum atomic E-state index is 6.28. The lowest BCUT2D eigenvalue weighted by Crippen LogP contribution is -1.97. The summed E-state index contributed by atoms with van der Waals surface area (Å²) in [6.07, 6.45) is 1.78. The molecule has 4 rings (SSSR count). The molecule has 0 atom stereocenters. The molecule has 0 bridgehead atoms. The third-order valence-corrected chi connectivity index (χ3v) is 4.65. The number of halogens is 1.